The van der Waals surface area contributed by atoms with Crippen molar-refractivity contribution in [3.05, 3.63) is 28.8 Å². The standard InChI is InChI=1S/C14H21ClN2O2S/c1-10-6-7-12(15)9-14(10)20(18,19)17-8-4-3-5-13(17)11(2)16/h6-7,9,11,13H,3-5,8,16H2,1-2H3. The van der Waals surface area contributed by atoms with Gasteiger partial charge in [-0.15, -0.1) is 0 Å². The van der Waals surface area contributed by atoms with Gasteiger partial charge in [0.2, 0.25) is 10.0 Å². The molecule has 1 saturated heterocycles. The minimum absolute atomic E-state index is 0.132. The number of halogens is 1. The maximum atomic E-state index is 12.9. The van der Waals surface area contributed by atoms with Crippen LogP contribution in [0.1, 0.15) is 31.7 Å². The zero-order valence-corrected chi connectivity index (χ0v) is 13.4. The van der Waals surface area contributed by atoms with Gasteiger partial charge in [-0.1, -0.05) is 24.1 Å². The summed E-state index contributed by atoms with van der Waals surface area (Å²) in [7, 11) is -3.54. The van der Waals surface area contributed by atoms with Crippen LogP contribution in [0.15, 0.2) is 23.1 Å². The van der Waals surface area contributed by atoms with Gasteiger partial charge in [0.1, 0.15) is 0 Å². The van der Waals surface area contributed by atoms with Crippen LogP contribution < -0.4 is 5.73 Å². The molecule has 6 heteroatoms. The van der Waals surface area contributed by atoms with Crippen LogP contribution in [0.3, 0.4) is 0 Å². The van der Waals surface area contributed by atoms with E-state index in [2.05, 4.69) is 0 Å². The largest absolute Gasteiger partial charge is 0.326 e. The summed E-state index contributed by atoms with van der Waals surface area (Å²) in [4.78, 5) is 0.289. The second-order valence-corrected chi connectivity index (χ2v) is 7.74. The SMILES string of the molecule is Cc1ccc(Cl)cc1S(=O)(=O)N1CCCCC1C(C)N. The van der Waals surface area contributed by atoms with Gasteiger partial charge in [-0.05, 0) is 44.4 Å². The van der Waals surface area contributed by atoms with Gasteiger partial charge in [0, 0.05) is 23.7 Å². The summed E-state index contributed by atoms with van der Waals surface area (Å²) in [5.41, 5.74) is 6.68. The number of nitrogens with two attached hydrogens (primary N) is 1. The Morgan fingerprint density at radius 2 is 2.10 bits per heavy atom. The second kappa shape index (κ2) is 6.02. The van der Waals surface area contributed by atoms with Crippen molar-refractivity contribution in [3.63, 3.8) is 0 Å². The molecule has 0 aliphatic carbocycles. The minimum Gasteiger partial charge on any atom is -0.326 e. The molecule has 1 fully saturated rings. The lowest BCUT2D eigenvalue weighted by Crippen LogP contribution is -2.51. The Bertz CT molecular complexity index is 587. The lowest BCUT2D eigenvalue weighted by Gasteiger charge is -2.37. The zero-order valence-electron chi connectivity index (χ0n) is 11.8. The molecule has 0 saturated carbocycles. The van der Waals surface area contributed by atoms with Crippen molar-refractivity contribution in [3.8, 4) is 0 Å². The first-order valence-corrected chi connectivity index (χ1v) is 8.69. The van der Waals surface area contributed by atoms with Crippen LogP contribution in [0.5, 0.6) is 0 Å². The number of hydrogen-bond donors (Lipinski definition) is 1. The molecule has 1 aromatic rings. The fourth-order valence-corrected chi connectivity index (χ4v) is 5.00. The number of benzene rings is 1. The molecule has 2 unspecified atom stereocenters. The van der Waals surface area contributed by atoms with Crippen LogP contribution in [0.2, 0.25) is 5.02 Å². The molecule has 0 radical (unpaired) electrons. The Hall–Kier alpha value is -0.620. The van der Waals surface area contributed by atoms with Gasteiger partial charge in [0.05, 0.1) is 4.90 Å². The Labute approximate surface area is 126 Å². The number of piperidine rings is 1. The molecule has 0 aromatic heterocycles. The quantitative estimate of drug-likeness (QED) is 0.932. The predicted molar refractivity (Wildman–Crippen MR) is 81.4 cm³/mol. The van der Waals surface area contributed by atoms with Gasteiger partial charge < -0.3 is 5.73 Å². The zero-order chi connectivity index (χ0) is 14.9. The first kappa shape index (κ1) is 15.8. The van der Waals surface area contributed by atoms with Crippen LogP contribution in [0, 0.1) is 6.92 Å². The van der Waals surface area contributed by atoms with Crippen LogP contribution >= 0.6 is 11.6 Å². The lowest BCUT2D eigenvalue weighted by atomic mass is 10.00. The maximum absolute atomic E-state index is 12.9. The van der Waals surface area contributed by atoms with Gasteiger partial charge in [-0.2, -0.15) is 4.31 Å². The van der Waals surface area contributed by atoms with Crippen molar-refractivity contribution in [2.24, 2.45) is 5.73 Å². The van der Waals surface area contributed by atoms with Crippen LogP contribution in [0.25, 0.3) is 0 Å². The van der Waals surface area contributed by atoms with Gasteiger partial charge in [-0.3, -0.25) is 0 Å². The highest BCUT2D eigenvalue weighted by Crippen LogP contribution is 2.29. The summed E-state index contributed by atoms with van der Waals surface area (Å²) in [5.74, 6) is 0. The van der Waals surface area contributed by atoms with Crippen LogP contribution in [-0.2, 0) is 10.0 Å². The highest BCUT2D eigenvalue weighted by molar-refractivity contribution is 7.89. The Kier molecular flexibility index (Phi) is 4.74. The van der Waals surface area contributed by atoms with Crippen molar-refractivity contribution in [2.45, 2.75) is 50.1 Å². The first-order chi connectivity index (χ1) is 9.34. The summed E-state index contributed by atoms with van der Waals surface area (Å²) >= 11 is 5.95. The number of sulfonamides is 1. The van der Waals surface area contributed by atoms with Crippen LogP contribution in [-0.4, -0.2) is 31.4 Å². The third-order valence-corrected chi connectivity index (χ3v) is 6.14. The van der Waals surface area contributed by atoms with Gasteiger partial charge in [0.25, 0.3) is 0 Å². The van der Waals surface area contributed by atoms with Crippen molar-refractivity contribution in [1.82, 2.24) is 4.31 Å². The molecule has 1 aromatic carbocycles. The third-order valence-electron chi connectivity index (χ3n) is 3.84. The molecule has 1 aliphatic rings. The molecular weight excluding hydrogens is 296 g/mol. The molecular formula is C14H21ClN2O2S. The van der Waals surface area contributed by atoms with E-state index in [0.29, 0.717) is 17.1 Å². The summed E-state index contributed by atoms with van der Waals surface area (Å²) in [5, 5.41) is 0.434. The molecule has 4 nitrogen and oxygen atoms in total. The monoisotopic (exact) mass is 316 g/mol. The van der Waals surface area contributed by atoms with Gasteiger partial charge >= 0.3 is 0 Å². The summed E-state index contributed by atoms with van der Waals surface area (Å²) < 4.78 is 27.3. The molecule has 1 aliphatic heterocycles. The first-order valence-electron chi connectivity index (χ1n) is 6.87. The molecule has 2 rings (SSSR count). The van der Waals surface area contributed by atoms with Gasteiger partial charge in [0.15, 0.2) is 0 Å². The fraction of sp³-hybridized carbons (Fsp3) is 0.571. The average Bonchev–Trinajstić information content (AvgIpc) is 2.41. The van der Waals surface area contributed by atoms with E-state index >= 15 is 0 Å². The van der Waals surface area contributed by atoms with E-state index in [0.717, 1.165) is 19.3 Å². The van der Waals surface area contributed by atoms with E-state index in [-0.39, 0.29) is 17.0 Å². The van der Waals surface area contributed by atoms with E-state index in [1.165, 1.54) is 6.07 Å². The number of aryl methyl sites for hydroxylation is 1. The van der Waals surface area contributed by atoms with Crippen molar-refractivity contribution in [2.75, 3.05) is 6.54 Å². The molecule has 0 spiro atoms. The topological polar surface area (TPSA) is 63.4 Å². The molecule has 0 bridgehead atoms. The molecule has 0 amide bonds. The van der Waals surface area contributed by atoms with Crippen molar-refractivity contribution in [1.29, 1.82) is 0 Å². The molecule has 2 atom stereocenters. The summed E-state index contributed by atoms with van der Waals surface area (Å²) in [6.45, 7) is 4.18. The molecule has 2 N–H and O–H groups in total. The smallest absolute Gasteiger partial charge is 0.243 e. The van der Waals surface area contributed by atoms with E-state index < -0.39 is 10.0 Å². The molecule has 112 valence electrons. The number of nitrogens with zero attached hydrogens (tertiary/aromatic N) is 1. The third kappa shape index (κ3) is 3.01. The van der Waals surface area contributed by atoms with E-state index in [1.54, 1.807) is 23.4 Å². The normalized spacial score (nSPS) is 22.7. The predicted octanol–water partition coefficient (Wildman–Crippen LogP) is 2.54. The highest BCUT2D eigenvalue weighted by Gasteiger charge is 2.36. The van der Waals surface area contributed by atoms with Crippen molar-refractivity contribution >= 4 is 21.6 Å². The fourth-order valence-electron chi connectivity index (χ4n) is 2.73. The van der Waals surface area contributed by atoms with E-state index in [1.807, 2.05) is 6.92 Å². The second-order valence-electron chi connectivity index (χ2n) is 5.45. The van der Waals surface area contributed by atoms with Gasteiger partial charge in [-0.25, -0.2) is 8.42 Å². The Morgan fingerprint density at radius 1 is 1.40 bits per heavy atom. The highest BCUT2D eigenvalue weighted by atomic mass is 35.5. The molecule has 1 heterocycles. The maximum Gasteiger partial charge on any atom is 0.243 e. The summed E-state index contributed by atoms with van der Waals surface area (Å²) in [6.07, 6.45) is 2.71. The van der Waals surface area contributed by atoms with E-state index in [4.69, 9.17) is 17.3 Å². The van der Waals surface area contributed by atoms with E-state index in [9.17, 15) is 8.42 Å². The number of hydrogen-bond acceptors (Lipinski definition) is 3. The number of rotatable bonds is 3. The van der Waals surface area contributed by atoms with Crippen LogP contribution in [0.4, 0.5) is 0 Å². The Morgan fingerprint density at radius 3 is 2.75 bits per heavy atom. The molecule has 20 heavy (non-hydrogen) atoms. The Balaban J connectivity index is 2.45. The van der Waals surface area contributed by atoms with Crippen molar-refractivity contribution < 1.29 is 8.42 Å². The average molecular weight is 317 g/mol. The summed E-state index contributed by atoms with van der Waals surface area (Å²) in [6, 6.07) is 4.66. The minimum atomic E-state index is -3.54. The lowest BCUT2D eigenvalue weighted by molar-refractivity contribution is 0.227.